The van der Waals surface area contributed by atoms with Gasteiger partial charge >= 0.3 is 0 Å². The van der Waals surface area contributed by atoms with E-state index >= 15 is 0 Å². The summed E-state index contributed by atoms with van der Waals surface area (Å²) >= 11 is 1.71. The molecule has 1 amide bonds. The highest BCUT2D eigenvalue weighted by atomic mass is 35.5. The van der Waals surface area contributed by atoms with Crippen LogP contribution in [0.1, 0.15) is 31.4 Å². The number of carbonyl (C=O) groups excluding carboxylic acids is 1. The first-order valence-electron chi connectivity index (χ1n) is 6.53. The molecule has 3 N–H and O–H groups in total. The van der Waals surface area contributed by atoms with Gasteiger partial charge in [-0.2, -0.15) is 0 Å². The Balaban J connectivity index is 0.00000361. The van der Waals surface area contributed by atoms with Crippen LogP contribution in [0.2, 0.25) is 0 Å². The van der Waals surface area contributed by atoms with Crippen LogP contribution in [0.5, 0.6) is 0 Å². The fourth-order valence-corrected chi connectivity index (χ4v) is 2.43. The lowest BCUT2D eigenvalue weighted by Gasteiger charge is -2.18. The van der Waals surface area contributed by atoms with Crippen molar-refractivity contribution in [3.63, 3.8) is 0 Å². The standard InChI is InChI=1S/C15H24N2OS.ClH/c1-11-5-6-13(9-12(11)2)19-8-7-14(18)17-10-15(3,4)16;/h5-6,9H,7-8,10,16H2,1-4H3,(H,17,18);1H. The van der Waals surface area contributed by atoms with Crippen LogP contribution < -0.4 is 11.1 Å². The number of rotatable bonds is 6. The van der Waals surface area contributed by atoms with E-state index in [-0.39, 0.29) is 23.9 Å². The van der Waals surface area contributed by atoms with Crippen LogP contribution in [-0.4, -0.2) is 23.7 Å². The van der Waals surface area contributed by atoms with Crippen molar-refractivity contribution in [1.29, 1.82) is 0 Å². The van der Waals surface area contributed by atoms with Crippen LogP contribution in [0.15, 0.2) is 23.1 Å². The van der Waals surface area contributed by atoms with Crippen molar-refractivity contribution in [3.05, 3.63) is 29.3 Å². The second-order valence-electron chi connectivity index (χ2n) is 5.61. The second kappa shape index (κ2) is 8.55. The molecule has 0 bridgehead atoms. The number of aryl methyl sites for hydroxylation is 2. The van der Waals surface area contributed by atoms with Gasteiger partial charge in [-0.05, 0) is 51.0 Å². The monoisotopic (exact) mass is 316 g/mol. The van der Waals surface area contributed by atoms with Gasteiger partial charge in [0.25, 0.3) is 0 Å². The molecule has 0 spiro atoms. The summed E-state index contributed by atoms with van der Waals surface area (Å²) in [6.07, 6.45) is 0.521. The molecule has 0 aliphatic rings. The molecule has 0 unspecified atom stereocenters. The molecule has 0 aliphatic heterocycles. The van der Waals surface area contributed by atoms with Crippen LogP contribution in [0, 0.1) is 13.8 Å². The molecule has 1 aromatic rings. The zero-order valence-corrected chi connectivity index (χ0v) is 14.3. The third-order valence-electron chi connectivity index (χ3n) is 2.82. The van der Waals surface area contributed by atoms with Crippen molar-refractivity contribution in [2.24, 2.45) is 5.73 Å². The molecule has 0 saturated heterocycles. The SMILES string of the molecule is Cc1ccc(SCCC(=O)NCC(C)(C)N)cc1C.Cl. The molecule has 20 heavy (non-hydrogen) atoms. The summed E-state index contributed by atoms with van der Waals surface area (Å²) in [4.78, 5) is 12.8. The van der Waals surface area contributed by atoms with E-state index in [1.807, 2.05) is 13.8 Å². The smallest absolute Gasteiger partial charge is 0.220 e. The minimum absolute atomic E-state index is 0. The zero-order chi connectivity index (χ0) is 14.5. The number of hydrogen-bond donors (Lipinski definition) is 2. The fourth-order valence-electron chi connectivity index (χ4n) is 1.48. The van der Waals surface area contributed by atoms with Gasteiger partial charge < -0.3 is 11.1 Å². The molecule has 0 fully saturated rings. The average molecular weight is 317 g/mol. The molecule has 114 valence electrons. The minimum atomic E-state index is -0.350. The molecular formula is C15H25ClN2OS. The van der Waals surface area contributed by atoms with Gasteiger partial charge in [0.05, 0.1) is 0 Å². The number of amides is 1. The van der Waals surface area contributed by atoms with Crippen LogP contribution >= 0.6 is 24.2 Å². The Morgan fingerprint density at radius 1 is 1.30 bits per heavy atom. The van der Waals surface area contributed by atoms with E-state index in [0.717, 1.165) is 5.75 Å². The van der Waals surface area contributed by atoms with Gasteiger partial charge in [-0.15, -0.1) is 24.2 Å². The van der Waals surface area contributed by atoms with Crippen molar-refractivity contribution in [2.75, 3.05) is 12.3 Å². The van der Waals surface area contributed by atoms with E-state index in [4.69, 9.17) is 5.73 Å². The van der Waals surface area contributed by atoms with E-state index in [9.17, 15) is 4.79 Å². The topological polar surface area (TPSA) is 55.1 Å². The summed E-state index contributed by atoms with van der Waals surface area (Å²) in [6, 6.07) is 6.39. The Labute approximate surface area is 132 Å². The van der Waals surface area contributed by atoms with Gasteiger partial charge in [-0.3, -0.25) is 4.79 Å². The van der Waals surface area contributed by atoms with Gasteiger partial charge in [0.2, 0.25) is 5.91 Å². The van der Waals surface area contributed by atoms with Gasteiger partial charge in [0.15, 0.2) is 0 Å². The highest BCUT2D eigenvalue weighted by Crippen LogP contribution is 2.21. The predicted octanol–water partition coefficient (Wildman–Crippen LogP) is 3.06. The van der Waals surface area contributed by atoms with E-state index in [1.54, 1.807) is 11.8 Å². The Morgan fingerprint density at radius 3 is 2.50 bits per heavy atom. The van der Waals surface area contributed by atoms with Crippen molar-refractivity contribution >= 4 is 30.1 Å². The Morgan fingerprint density at radius 2 is 1.95 bits per heavy atom. The highest BCUT2D eigenvalue weighted by Gasteiger charge is 2.11. The lowest BCUT2D eigenvalue weighted by Crippen LogP contribution is -2.45. The summed E-state index contributed by atoms with van der Waals surface area (Å²) < 4.78 is 0. The summed E-state index contributed by atoms with van der Waals surface area (Å²) in [5.74, 6) is 0.856. The normalized spacial score (nSPS) is 10.8. The maximum Gasteiger partial charge on any atom is 0.220 e. The van der Waals surface area contributed by atoms with Crippen LogP contribution in [0.25, 0.3) is 0 Å². The van der Waals surface area contributed by atoms with E-state index in [2.05, 4.69) is 37.4 Å². The van der Waals surface area contributed by atoms with E-state index in [0.29, 0.717) is 13.0 Å². The van der Waals surface area contributed by atoms with Gasteiger partial charge in [-0.1, -0.05) is 6.07 Å². The third-order valence-corrected chi connectivity index (χ3v) is 3.81. The van der Waals surface area contributed by atoms with Crippen molar-refractivity contribution in [1.82, 2.24) is 5.32 Å². The Hall–Kier alpha value is -0.710. The maximum atomic E-state index is 11.6. The lowest BCUT2D eigenvalue weighted by molar-refractivity contribution is -0.120. The molecule has 0 aliphatic carbocycles. The third kappa shape index (κ3) is 7.78. The van der Waals surface area contributed by atoms with Crippen molar-refractivity contribution < 1.29 is 4.79 Å². The highest BCUT2D eigenvalue weighted by molar-refractivity contribution is 7.99. The van der Waals surface area contributed by atoms with Crippen molar-refractivity contribution in [2.45, 2.75) is 44.6 Å². The number of carbonyl (C=O) groups is 1. The Kier molecular flexibility index (Phi) is 8.25. The van der Waals surface area contributed by atoms with Crippen molar-refractivity contribution in [3.8, 4) is 0 Å². The second-order valence-corrected chi connectivity index (χ2v) is 6.78. The average Bonchev–Trinajstić information content (AvgIpc) is 2.30. The van der Waals surface area contributed by atoms with E-state index in [1.165, 1.54) is 16.0 Å². The maximum absolute atomic E-state index is 11.6. The number of nitrogens with two attached hydrogens (primary N) is 1. The number of benzene rings is 1. The summed E-state index contributed by atoms with van der Waals surface area (Å²) in [5.41, 5.74) is 8.05. The molecule has 0 heterocycles. The summed E-state index contributed by atoms with van der Waals surface area (Å²) in [6.45, 7) is 8.52. The quantitative estimate of drug-likeness (QED) is 0.793. The molecule has 0 radical (unpaired) electrons. The summed E-state index contributed by atoms with van der Waals surface area (Å²) in [5, 5.41) is 2.85. The first-order valence-corrected chi connectivity index (χ1v) is 7.52. The molecular weight excluding hydrogens is 292 g/mol. The molecule has 3 nitrogen and oxygen atoms in total. The summed E-state index contributed by atoms with van der Waals surface area (Å²) in [7, 11) is 0. The fraction of sp³-hybridized carbons (Fsp3) is 0.533. The van der Waals surface area contributed by atoms with Crippen LogP contribution in [0.3, 0.4) is 0 Å². The van der Waals surface area contributed by atoms with Crippen LogP contribution in [-0.2, 0) is 4.79 Å². The van der Waals surface area contributed by atoms with Gasteiger partial charge in [-0.25, -0.2) is 0 Å². The zero-order valence-electron chi connectivity index (χ0n) is 12.7. The number of nitrogens with one attached hydrogen (secondary N) is 1. The molecule has 0 atom stereocenters. The Bertz CT molecular complexity index is 444. The molecule has 5 heteroatoms. The predicted molar refractivity (Wildman–Crippen MR) is 89.8 cm³/mol. The largest absolute Gasteiger partial charge is 0.354 e. The van der Waals surface area contributed by atoms with Gasteiger partial charge in [0, 0.05) is 29.2 Å². The minimum Gasteiger partial charge on any atom is -0.354 e. The number of halogens is 1. The first kappa shape index (κ1) is 19.3. The molecule has 1 aromatic carbocycles. The number of thioether (sulfide) groups is 1. The number of hydrogen-bond acceptors (Lipinski definition) is 3. The lowest BCUT2D eigenvalue weighted by atomic mass is 10.1. The van der Waals surface area contributed by atoms with Crippen LogP contribution in [0.4, 0.5) is 0 Å². The molecule has 1 rings (SSSR count). The molecule has 0 aromatic heterocycles. The molecule has 0 saturated carbocycles. The first-order chi connectivity index (χ1) is 8.78. The van der Waals surface area contributed by atoms with E-state index < -0.39 is 0 Å². The van der Waals surface area contributed by atoms with Gasteiger partial charge in [0.1, 0.15) is 0 Å².